The van der Waals surface area contributed by atoms with Gasteiger partial charge in [-0.25, -0.2) is 25.9 Å². The Bertz CT molecular complexity index is 714. The third-order valence-electron chi connectivity index (χ3n) is 3.28. The van der Waals surface area contributed by atoms with E-state index in [9.17, 15) is 16.8 Å². The molecule has 7 nitrogen and oxygen atoms in total. The van der Waals surface area contributed by atoms with Gasteiger partial charge >= 0.3 is 0 Å². The Morgan fingerprint density at radius 1 is 1.14 bits per heavy atom. The van der Waals surface area contributed by atoms with Crippen molar-refractivity contribution in [1.82, 2.24) is 14.3 Å². The summed E-state index contributed by atoms with van der Waals surface area (Å²) in [6, 6.07) is 5.41. The third kappa shape index (κ3) is 3.98. The minimum absolute atomic E-state index is 0. The molecule has 22 heavy (non-hydrogen) atoms. The van der Waals surface area contributed by atoms with Gasteiger partial charge in [0.25, 0.3) is 0 Å². The predicted octanol–water partition coefficient (Wildman–Crippen LogP) is -0.00110. The normalized spacial score (nSPS) is 19.1. The van der Waals surface area contributed by atoms with Crippen LogP contribution in [0, 0.1) is 0 Å². The van der Waals surface area contributed by atoms with Crippen LogP contribution in [0.3, 0.4) is 0 Å². The molecule has 0 saturated carbocycles. The molecule has 1 aliphatic heterocycles. The van der Waals surface area contributed by atoms with Crippen LogP contribution in [0.5, 0.6) is 0 Å². The van der Waals surface area contributed by atoms with Gasteiger partial charge in [0, 0.05) is 26.7 Å². The first-order chi connectivity index (χ1) is 9.75. The molecule has 0 aliphatic carbocycles. The molecule has 1 fully saturated rings. The molecule has 0 spiro atoms. The zero-order valence-electron chi connectivity index (χ0n) is 12.3. The molecule has 0 bridgehead atoms. The number of nitrogens with one attached hydrogen (secondary N) is 2. The van der Waals surface area contributed by atoms with E-state index in [1.165, 1.54) is 38.4 Å². The van der Waals surface area contributed by atoms with Crippen molar-refractivity contribution in [2.75, 3.05) is 27.2 Å². The Morgan fingerprint density at radius 2 is 1.73 bits per heavy atom. The number of nitrogens with zero attached hydrogens (tertiary/aromatic N) is 1. The van der Waals surface area contributed by atoms with E-state index in [1.54, 1.807) is 0 Å². The van der Waals surface area contributed by atoms with E-state index in [2.05, 4.69) is 10.0 Å². The summed E-state index contributed by atoms with van der Waals surface area (Å²) in [6.07, 6.45) is 0.682. The lowest BCUT2D eigenvalue weighted by Crippen LogP contribution is -2.37. The van der Waals surface area contributed by atoms with E-state index in [1.807, 2.05) is 0 Å². The highest BCUT2D eigenvalue weighted by Crippen LogP contribution is 2.23. The second-order valence-corrected chi connectivity index (χ2v) is 8.85. The fourth-order valence-corrected chi connectivity index (χ4v) is 5.09. The Morgan fingerprint density at radius 3 is 2.23 bits per heavy atom. The maximum atomic E-state index is 12.5. The minimum Gasteiger partial charge on any atom is -0.315 e. The van der Waals surface area contributed by atoms with Crippen molar-refractivity contribution in [3.05, 3.63) is 24.3 Å². The van der Waals surface area contributed by atoms with Gasteiger partial charge in [-0.3, -0.25) is 0 Å². The van der Waals surface area contributed by atoms with Crippen LogP contribution in [-0.4, -0.2) is 54.4 Å². The summed E-state index contributed by atoms with van der Waals surface area (Å²) in [4.78, 5) is -0.431. The summed E-state index contributed by atoms with van der Waals surface area (Å²) in [7, 11) is -4.98. The zero-order chi connectivity index (χ0) is 15.7. The first-order valence-corrected chi connectivity index (χ1v) is 9.42. The molecule has 10 heteroatoms. The molecule has 1 saturated heterocycles. The molecule has 2 rings (SSSR count). The summed E-state index contributed by atoms with van der Waals surface area (Å²) in [5.41, 5.74) is 0. The number of rotatable bonds is 5. The quantitative estimate of drug-likeness (QED) is 0.761. The van der Waals surface area contributed by atoms with Crippen LogP contribution in [0.25, 0.3) is 0 Å². The van der Waals surface area contributed by atoms with Crippen LogP contribution in [0.15, 0.2) is 34.1 Å². The Labute approximate surface area is 137 Å². The fraction of sp³-hybridized carbons (Fsp3) is 0.500. The Kier molecular flexibility index (Phi) is 6.36. The first kappa shape index (κ1) is 19.3. The van der Waals surface area contributed by atoms with Crippen molar-refractivity contribution >= 4 is 32.5 Å². The number of benzene rings is 1. The van der Waals surface area contributed by atoms with E-state index in [0.29, 0.717) is 13.0 Å². The number of hydrogen-bond donors (Lipinski definition) is 2. The van der Waals surface area contributed by atoms with Gasteiger partial charge in [0.05, 0.1) is 0 Å². The molecule has 2 N–H and O–H groups in total. The van der Waals surface area contributed by atoms with Crippen molar-refractivity contribution in [2.45, 2.75) is 22.3 Å². The Balaban J connectivity index is 0.00000242. The van der Waals surface area contributed by atoms with Gasteiger partial charge in [0.2, 0.25) is 20.0 Å². The molecule has 1 atom stereocenters. The molecule has 0 radical (unpaired) electrons. The lowest BCUT2D eigenvalue weighted by atomic mass is 10.3. The average Bonchev–Trinajstić information content (AvgIpc) is 2.90. The van der Waals surface area contributed by atoms with Crippen LogP contribution >= 0.6 is 12.4 Å². The van der Waals surface area contributed by atoms with Crippen LogP contribution in [0.4, 0.5) is 0 Å². The second kappa shape index (κ2) is 7.24. The third-order valence-corrected chi connectivity index (χ3v) is 6.86. The van der Waals surface area contributed by atoms with Crippen LogP contribution < -0.4 is 10.0 Å². The monoisotopic (exact) mass is 369 g/mol. The highest BCUT2D eigenvalue weighted by Gasteiger charge is 2.30. The van der Waals surface area contributed by atoms with Gasteiger partial charge in [-0.05, 0) is 25.1 Å². The van der Waals surface area contributed by atoms with Gasteiger partial charge in [-0.1, -0.05) is 12.1 Å². The van der Waals surface area contributed by atoms with Crippen molar-refractivity contribution in [3.8, 4) is 0 Å². The van der Waals surface area contributed by atoms with Crippen molar-refractivity contribution < 1.29 is 16.8 Å². The SMILES string of the molecule is CN(C)S(=O)(=O)c1ccccc1S(=O)(=O)NC1CCNC1.Cl. The van der Waals surface area contributed by atoms with Crippen molar-refractivity contribution in [2.24, 2.45) is 0 Å². The second-order valence-electron chi connectivity index (χ2n) is 5.05. The maximum Gasteiger partial charge on any atom is 0.243 e. The smallest absolute Gasteiger partial charge is 0.243 e. The van der Waals surface area contributed by atoms with Gasteiger partial charge in [-0.15, -0.1) is 12.4 Å². The molecular formula is C12H20ClN3O4S2. The van der Waals surface area contributed by atoms with Crippen LogP contribution in [0.1, 0.15) is 6.42 Å². The van der Waals surface area contributed by atoms with Gasteiger partial charge in [0.1, 0.15) is 9.79 Å². The molecule has 126 valence electrons. The summed E-state index contributed by atoms with van der Waals surface area (Å²) >= 11 is 0. The molecule has 1 aromatic rings. The molecular weight excluding hydrogens is 350 g/mol. The lowest BCUT2D eigenvalue weighted by Gasteiger charge is -2.17. The molecule has 0 aromatic heterocycles. The fourth-order valence-electron chi connectivity index (χ4n) is 2.12. The molecule has 1 aromatic carbocycles. The topological polar surface area (TPSA) is 95.6 Å². The number of halogens is 1. The van der Waals surface area contributed by atoms with Gasteiger partial charge in [-0.2, -0.15) is 0 Å². The number of hydrogen-bond acceptors (Lipinski definition) is 5. The summed E-state index contributed by atoms with van der Waals surface area (Å²) < 4.78 is 53.0. The molecule has 0 amide bonds. The van der Waals surface area contributed by atoms with E-state index >= 15 is 0 Å². The zero-order valence-corrected chi connectivity index (χ0v) is 14.8. The predicted molar refractivity (Wildman–Crippen MR) is 86.2 cm³/mol. The highest BCUT2D eigenvalue weighted by molar-refractivity contribution is 7.92. The summed E-state index contributed by atoms with van der Waals surface area (Å²) in [6.45, 7) is 1.28. The van der Waals surface area contributed by atoms with Crippen LogP contribution in [0.2, 0.25) is 0 Å². The van der Waals surface area contributed by atoms with Gasteiger partial charge < -0.3 is 5.32 Å². The largest absolute Gasteiger partial charge is 0.315 e. The standard InChI is InChI=1S/C12H19N3O4S2.ClH/c1-15(2)21(18,19)12-6-4-3-5-11(12)20(16,17)14-10-7-8-13-9-10;/h3-6,10,13-14H,7-9H2,1-2H3;1H. The molecule has 1 unspecified atom stereocenters. The Hall–Kier alpha value is -0.710. The van der Waals surface area contributed by atoms with Crippen LogP contribution in [-0.2, 0) is 20.0 Å². The maximum absolute atomic E-state index is 12.5. The van der Waals surface area contributed by atoms with Gasteiger partial charge in [0.15, 0.2) is 0 Å². The first-order valence-electron chi connectivity index (χ1n) is 6.50. The number of sulfonamides is 2. The van der Waals surface area contributed by atoms with Crippen molar-refractivity contribution in [1.29, 1.82) is 0 Å². The van der Waals surface area contributed by atoms with Crippen molar-refractivity contribution in [3.63, 3.8) is 0 Å². The molecule has 1 heterocycles. The average molecular weight is 370 g/mol. The van der Waals surface area contributed by atoms with E-state index in [4.69, 9.17) is 0 Å². The summed E-state index contributed by atoms with van der Waals surface area (Å²) in [5, 5.41) is 3.06. The lowest BCUT2D eigenvalue weighted by molar-refractivity contribution is 0.515. The highest BCUT2D eigenvalue weighted by atomic mass is 35.5. The van der Waals surface area contributed by atoms with E-state index in [0.717, 1.165) is 10.8 Å². The van der Waals surface area contributed by atoms with E-state index < -0.39 is 20.0 Å². The molecule has 1 aliphatic rings. The van der Waals surface area contributed by atoms with E-state index in [-0.39, 0.29) is 28.2 Å². The summed E-state index contributed by atoms with van der Waals surface area (Å²) in [5.74, 6) is 0. The minimum atomic E-state index is -3.89.